The Kier molecular flexibility index (Phi) is 3.31. The van der Waals surface area contributed by atoms with Gasteiger partial charge in [0.2, 0.25) is 5.91 Å². The van der Waals surface area contributed by atoms with E-state index in [0.717, 1.165) is 12.8 Å². The van der Waals surface area contributed by atoms with Gasteiger partial charge in [-0.2, -0.15) is 0 Å². The maximum atomic E-state index is 12.6. The second-order valence-corrected chi connectivity index (χ2v) is 5.90. The van der Waals surface area contributed by atoms with Crippen LogP contribution in [0, 0.1) is 5.92 Å². The van der Waals surface area contributed by atoms with Gasteiger partial charge in [0, 0.05) is 13.1 Å². The first kappa shape index (κ1) is 12.7. The van der Waals surface area contributed by atoms with Crippen LogP contribution in [0.1, 0.15) is 36.3 Å². The van der Waals surface area contributed by atoms with Crippen LogP contribution in [0.3, 0.4) is 0 Å². The predicted octanol–water partition coefficient (Wildman–Crippen LogP) is 1.91. The van der Waals surface area contributed by atoms with Crippen LogP contribution in [0.5, 0.6) is 0 Å². The maximum absolute atomic E-state index is 12.6. The first-order valence-corrected chi connectivity index (χ1v) is 7.27. The molecule has 2 N–H and O–H groups in total. The van der Waals surface area contributed by atoms with E-state index in [1.807, 2.05) is 24.1 Å². The lowest BCUT2D eigenvalue weighted by molar-refractivity contribution is -0.134. The van der Waals surface area contributed by atoms with Gasteiger partial charge >= 0.3 is 0 Å². The van der Waals surface area contributed by atoms with Crippen LogP contribution in [0.25, 0.3) is 0 Å². The van der Waals surface area contributed by atoms with E-state index in [1.54, 1.807) is 0 Å². The smallest absolute Gasteiger partial charge is 0.230 e. The van der Waals surface area contributed by atoms with Crippen molar-refractivity contribution in [3.63, 3.8) is 0 Å². The van der Waals surface area contributed by atoms with Crippen molar-refractivity contribution in [2.24, 2.45) is 11.7 Å². The van der Waals surface area contributed by atoms with Gasteiger partial charge in [-0.3, -0.25) is 4.79 Å². The fraction of sp³-hybridized carbons (Fsp3) is 0.562. The van der Waals surface area contributed by atoms with E-state index in [9.17, 15) is 4.79 Å². The van der Waals surface area contributed by atoms with E-state index in [-0.39, 0.29) is 11.8 Å². The molecule has 0 aliphatic heterocycles. The molecule has 1 saturated carbocycles. The van der Waals surface area contributed by atoms with Gasteiger partial charge in [-0.05, 0) is 42.9 Å². The number of likely N-dealkylation sites (N-methyl/N-ethyl adjacent to an activating group) is 1. The minimum atomic E-state index is 0.0835. The Morgan fingerprint density at radius 3 is 2.89 bits per heavy atom. The van der Waals surface area contributed by atoms with E-state index in [1.165, 1.54) is 24.0 Å². The van der Waals surface area contributed by atoms with E-state index in [4.69, 9.17) is 5.73 Å². The molecule has 0 heterocycles. The molecule has 3 rings (SSSR count). The van der Waals surface area contributed by atoms with Crippen molar-refractivity contribution in [1.29, 1.82) is 0 Å². The molecule has 1 aromatic carbocycles. The molecule has 0 bridgehead atoms. The van der Waals surface area contributed by atoms with E-state index < -0.39 is 0 Å². The summed E-state index contributed by atoms with van der Waals surface area (Å²) in [6.07, 6.45) is 4.38. The third-order valence-corrected chi connectivity index (χ3v) is 4.92. The number of fused-ring (bicyclic) bond motifs is 1. The van der Waals surface area contributed by atoms with Gasteiger partial charge in [0.05, 0.1) is 5.92 Å². The summed E-state index contributed by atoms with van der Waals surface area (Å²) in [5.41, 5.74) is 8.38. The lowest BCUT2D eigenvalue weighted by Gasteiger charge is -2.36. The number of carbonyl (C=O) groups is 1. The van der Waals surface area contributed by atoms with Crippen LogP contribution < -0.4 is 5.73 Å². The molecule has 1 amide bonds. The van der Waals surface area contributed by atoms with Gasteiger partial charge in [0.1, 0.15) is 0 Å². The fourth-order valence-electron chi connectivity index (χ4n) is 3.69. The molecule has 0 radical (unpaired) electrons. The average Bonchev–Trinajstić information content (AvgIpc) is 2.87. The zero-order chi connectivity index (χ0) is 13.4. The number of nitrogens with zero attached hydrogens (tertiary/aromatic N) is 1. The van der Waals surface area contributed by atoms with Crippen molar-refractivity contribution in [3.8, 4) is 0 Å². The second-order valence-electron chi connectivity index (χ2n) is 5.90. The molecule has 19 heavy (non-hydrogen) atoms. The number of hydrogen-bond donors (Lipinski definition) is 1. The topological polar surface area (TPSA) is 46.3 Å². The van der Waals surface area contributed by atoms with E-state index >= 15 is 0 Å². The Balaban J connectivity index is 1.72. The molecule has 3 atom stereocenters. The van der Waals surface area contributed by atoms with Gasteiger partial charge in [0.15, 0.2) is 0 Å². The first-order valence-electron chi connectivity index (χ1n) is 7.27. The summed E-state index contributed by atoms with van der Waals surface area (Å²) in [7, 11) is 1.96. The third kappa shape index (κ3) is 2.06. The number of nitrogens with two attached hydrogens (primary N) is 1. The third-order valence-electron chi connectivity index (χ3n) is 4.92. The quantitative estimate of drug-likeness (QED) is 0.900. The van der Waals surface area contributed by atoms with Crippen LogP contribution in [-0.2, 0) is 11.2 Å². The minimum Gasteiger partial charge on any atom is -0.342 e. The van der Waals surface area contributed by atoms with Gasteiger partial charge in [-0.15, -0.1) is 0 Å². The zero-order valence-electron chi connectivity index (χ0n) is 11.5. The summed E-state index contributed by atoms with van der Waals surface area (Å²) in [6, 6.07) is 8.63. The summed E-state index contributed by atoms with van der Waals surface area (Å²) in [5.74, 6) is 0.855. The Morgan fingerprint density at radius 1 is 1.37 bits per heavy atom. The minimum absolute atomic E-state index is 0.0835. The summed E-state index contributed by atoms with van der Waals surface area (Å²) >= 11 is 0. The van der Waals surface area contributed by atoms with Crippen molar-refractivity contribution < 1.29 is 4.79 Å². The van der Waals surface area contributed by atoms with Crippen LogP contribution in [0.2, 0.25) is 0 Å². The Hall–Kier alpha value is -1.35. The molecule has 1 aromatic rings. The summed E-state index contributed by atoms with van der Waals surface area (Å²) in [5, 5.41) is 0. The molecule has 3 nitrogen and oxygen atoms in total. The highest BCUT2D eigenvalue weighted by molar-refractivity contribution is 5.87. The molecule has 0 spiro atoms. The van der Waals surface area contributed by atoms with Crippen LogP contribution in [0.4, 0.5) is 0 Å². The maximum Gasteiger partial charge on any atom is 0.230 e. The highest BCUT2D eigenvalue weighted by Gasteiger charge is 2.38. The van der Waals surface area contributed by atoms with Crippen molar-refractivity contribution >= 4 is 5.91 Å². The fourth-order valence-corrected chi connectivity index (χ4v) is 3.69. The normalized spacial score (nSPS) is 28.6. The monoisotopic (exact) mass is 258 g/mol. The van der Waals surface area contributed by atoms with Crippen molar-refractivity contribution in [2.45, 2.75) is 37.6 Å². The Labute approximate surface area is 114 Å². The SMILES string of the molecule is CN(C(=O)C1Cc2ccccc21)C1CCCC1CN. The van der Waals surface area contributed by atoms with E-state index in [2.05, 4.69) is 12.1 Å². The molecule has 2 aliphatic rings. The summed E-state index contributed by atoms with van der Waals surface area (Å²) < 4.78 is 0. The van der Waals surface area contributed by atoms with Gasteiger partial charge in [-0.1, -0.05) is 30.7 Å². The first-order chi connectivity index (χ1) is 9.22. The molecule has 0 saturated heterocycles. The summed E-state index contributed by atoms with van der Waals surface area (Å²) in [4.78, 5) is 14.6. The van der Waals surface area contributed by atoms with Crippen molar-refractivity contribution in [3.05, 3.63) is 35.4 Å². The van der Waals surface area contributed by atoms with Crippen LogP contribution in [0.15, 0.2) is 24.3 Å². The van der Waals surface area contributed by atoms with Gasteiger partial charge in [0.25, 0.3) is 0 Å². The van der Waals surface area contributed by atoms with Crippen LogP contribution in [-0.4, -0.2) is 30.4 Å². The molecular formula is C16H22N2O. The number of hydrogen-bond acceptors (Lipinski definition) is 2. The Morgan fingerprint density at radius 2 is 2.16 bits per heavy atom. The Bertz CT molecular complexity index is 485. The number of benzene rings is 1. The molecule has 3 heteroatoms. The standard InChI is InChI=1S/C16H22N2O/c1-18(15-8-4-6-12(15)10-17)16(19)14-9-11-5-2-3-7-13(11)14/h2-3,5,7,12,14-15H,4,6,8-10,17H2,1H3. The lowest BCUT2D eigenvalue weighted by atomic mass is 9.76. The van der Waals surface area contributed by atoms with Crippen molar-refractivity contribution in [1.82, 2.24) is 4.90 Å². The zero-order valence-corrected chi connectivity index (χ0v) is 11.5. The highest BCUT2D eigenvalue weighted by Crippen LogP contribution is 2.38. The number of amides is 1. The van der Waals surface area contributed by atoms with Crippen molar-refractivity contribution in [2.75, 3.05) is 13.6 Å². The molecule has 102 valence electrons. The second kappa shape index (κ2) is 4.97. The number of carbonyl (C=O) groups excluding carboxylic acids is 1. The van der Waals surface area contributed by atoms with Crippen LogP contribution >= 0.6 is 0 Å². The lowest BCUT2D eigenvalue weighted by Crippen LogP contribution is -2.45. The highest BCUT2D eigenvalue weighted by atomic mass is 16.2. The molecule has 3 unspecified atom stereocenters. The predicted molar refractivity (Wildman–Crippen MR) is 75.8 cm³/mol. The molecule has 0 aromatic heterocycles. The largest absolute Gasteiger partial charge is 0.342 e. The van der Waals surface area contributed by atoms with Gasteiger partial charge in [-0.25, -0.2) is 0 Å². The molecule has 2 aliphatic carbocycles. The summed E-state index contributed by atoms with van der Waals surface area (Å²) in [6.45, 7) is 0.698. The average molecular weight is 258 g/mol. The number of rotatable bonds is 3. The molecule has 1 fully saturated rings. The van der Waals surface area contributed by atoms with E-state index in [0.29, 0.717) is 18.5 Å². The molecular weight excluding hydrogens is 236 g/mol. The van der Waals surface area contributed by atoms with Gasteiger partial charge < -0.3 is 10.6 Å².